The largest absolute Gasteiger partial charge is 0.514 e. The number of rotatable bonds is 0. The minimum atomic E-state index is -1.83. The minimum Gasteiger partial charge on any atom is -0.450 e. The molecule has 0 atom stereocenters. The summed E-state index contributed by atoms with van der Waals surface area (Å²) in [4.78, 5) is 18.5. The van der Waals surface area contributed by atoms with E-state index in [1.165, 1.54) is 0 Å². The minimum absolute atomic E-state index is 0.207. The van der Waals surface area contributed by atoms with Gasteiger partial charge in [0.2, 0.25) is 0 Å². The van der Waals surface area contributed by atoms with Gasteiger partial charge in [-0.1, -0.05) is 19.7 Å². The van der Waals surface area contributed by atoms with Crippen LogP contribution in [0.4, 0.5) is 9.59 Å². The standard InChI is InChI=1S/C4H4O3.C3H4.CH2O3/c1-3-2-6-4(5)7-3;1-3-2;2-1(3)4/h1-2H2;1-2H2;(H2,2,3,4). The summed E-state index contributed by atoms with van der Waals surface area (Å²) in [7, 11) is 0. The molecule has 0 amide bonds. The van der Waals surface area contributed by atoms with Crippen LogP contribution in [-0.2, 0) is 9.47 Å². The predicted octanol–water partition coefficient (Wildman–Crippen LogP) is 1.85. The van der Waals surface area contributed by atoms with Gasteiger partial charge in [-0.25, -0.2) is 9.59 Å². The summed E-state index contributed by atoms with van der Waals surface area (Å²) in [6, 6.07) is 0. The zero-order valence-electron chi connectivity index (χ0n) is 7.36. The molecule has 0 unspecified atom stereocenters. The lowest BCUT2D eigenvalue weighted by molar-refractivity contribution is 0.135. The molecule has 6 nitrogen and oxygen atoms in total. The van der Waals surface area contributed by atoms with Crippen molar-refractivity contribution in [2.45, 2.75) is 0 Å². The summed E-state index contributed by atoms with van der Waals surface area (Å²) in [6.07, 6.45) is -2.48. The summed E-state index contributed by atoms with van der Waals surface area (Å²) in [6.45, 7) is 9.79. The Kier molecular flexibility index (Phi) is 9.10. The number of carbonyl (C=O) groups is 2. The van der Waals surface area contributed by atoms with Gasteiger partial charge in [-0.2, -0.15) is 0 Å². The van der Waals surface area contributed by atoms with Gasteiger partial charge in [0, 0.05) is 0 Å². The first-order valence-corrected chi connectivity index (χ1v) is 3.17. The monoisotopic (exact) mass is 202 g/mol. The average molecular weight is 202 g/mol. The van der Waals surface area contributed by atoms with Crippen LogP contribution in [0, 0.1) is 0 Å². The highest BCUT2D eigenvalue weighted by atomic mass is 16.8. The van der Waals surface area contributed by atoms with Gasteiger partial charge in [0.05, 0.1) is 0 Å². The molecule has 1 aliphatic heterocycles. The fraction of sp³-hybridized carbons (Fsp3) is 0.125. The summed E-state index contributed by atoms with van der Waals surface area (Å²) in [5.41, 5.74) is 2.25. The summed E-state index contributed by atoms with van der Waals surface area (Å²) in [5, 5.41) is 13.9. The highest BCUT2D eigenvalue weighted by Crippen LogP contribution is 2.05. The van der Waals surface area contributed by atoms with Gasteiger partial charge in [-0.05, 0) is 0 Å². The van der Waals surface area contributed by atoms with Gasteiger partial charge in [0.25, 0.3) is 0 Å². The number of carbonyl (C=O) groups excluding carboxylic acids is 1. The molecule has 0 aromatic rings. The zero-order chi connectivity index (χ0) is 11.6. The van der Waals surface area contributed by atoms with E-state index in [2.05, 4.69) is 34.9 Å². The van der Waals surface area contributed by atoms with Gasteiger partial charge < -0.3 is 19.7 Å². The van der Waals surface area contributed by atoms with Crippen LogP contribution in [0.15, 0.2) is 31.2 Å². The Bertz CT molecular complexity index is 231. The normalized spacial score (nSPS) is 11.7. The highest BCUT2D eigenvalue weighted by Gasteiger charge is 2.15. The Balaban J connectivity index is 0. The first kappa shape index (κ1) is 14.3. The first-order chi connectivity index (χ1) is 6.43. The fourth-order valence-electron chi connectivity index (χ4n) is 0.316. The third-order valence-electron chi connectivity index (χ3n) is 0.579. The van der Waals surface area contributed by atoms with Crippen molar-refractivity contribution in [2.24, 2.45) is 0 Å². The van der Waals surface area contributed by atoms with E-state index in [-0.39, 0.29) is 6.61 Å². The zero-order valence-corrected chi connectivity index (χ0v) is 7.36. The molecule has 14 heavy (non-hydrogen) atoms. The van der Waals surface area contributed by atoms with Crippen molar-refractivity contribution >= 4 is 12.3 Å². The molecule has 1 fully saturated rings. The van der Waals surface area contributed by atoms with Gasteiger partial charge in [0.15, 0.2) is 6.61 Å². The Labute approximate surface area is 80.4 Å². The van der Waals surface area contributed by atoms with E-state index >= 15 is 0 Å². The van der Waals surface area contributed by atoms with E-state index in [0.717, 1.165) is 0 Å². The summed E-state index contributed by atoms with van der Waals surface area (Å²) in [5.74, 6) is 0.380. The van der Waals surface area contributed by atoms with Crippen LogP contribution >= 0.6 is 0 Å². The van der Waals surface area contributed by atoms with Crippen molar-refractivity contribution in [3.63, 3.8) is 0 Å². The van der Waals surface area contributed by atoms with Crippen molar-refractivity contribution < 1.29 is 29.3 Å². The Hall–Kier alpha value is -2.20. The Morgan fingerprint density at radius 1 is 1.43 bits per heavy atom. The Morgan fingerprint density at radius 3 is 1.86 bits per heavy atom. The predicted molar refractivity (Wildman–Crippen MR) is 47.0 cm³/mol. The molecule has 0 spiro atoms. The van der Waals surface area contributed by atoms with Gasteiger partial charge >= 0.3 is 12.3 Å². The quantitative estimate of drug-likeness (QED) is 0.460. The highest BCUT2D eigenvalue weighted by molar-refractivity contribution is 5.63. The van der Waals surface area contributed by atoms with E-state index in [4.69, 9.17) is 15.0 Å². The molecule has 1 aliphatic rings. The van der Waals surface area contributed by atoms with Crippen molar-refractivity contribution in [3.8, 4) is 0 Å². The number of ether oxygens (including phenoxy) is 2. The molecule has 0 aromatic carbocycles. The molecule has 0 bridgehead atoms. The fourth-order valence-corrected chi connectivity index (χ4v) is 0.316. The second-order valence-corrected chi connectivity index (χ2v) is 1.71. The molecular formula is C8H10O6. The maximum absolute atomic E-state index is 9.95. The molecule has 0 saturated carbocycles. The summed E-state index contributed by atoms with van der Waals surface area (Å²) >= 11 is 0. The van der Waals surface area contributed by atoms with Crippen molar-refractivity contribution in [2.75, 3.05) is 6.61 Å². The molecule has 6 heteroatoms. The number of carboxylic acid groups (broad SMARTS) is 2. The average Bonchev–Trinajstić information content (AvgIpc) is 2.34. The lowest BCUT2D eigenvalue weighted by atomic mass is 10.6. The number of cyclic esters (lactones) is 2. The van der Waals surface area contributed by atoms with Crippen molar-refractivity contribution in [1.29, 1.82) is 0 Å². The van der Waals surface area contributed by atoms with Gasteiger partial charge in [0.1, 0.15) is 5.76 Å². The van der Waals surface area contributed by atoms with E-state index in [1.807, 2.05) is 0 Å². The molecule has 1 heterocycles. The van der Waals surface area contributed by atoms with Crippen LogP contribution in [0.2, 0.25) is 0 Å². The van der Waals surface area contributed by atoms with Crippen LogP contribution in [0.3, 0.4) is 0 Å². The van der Waals surface area contributed by atoms with Crippen LogP contribution in [0.5, 0.6) is 0 Å². The van der Waals surface area contributed by atoms with Crippen molar-refractivity contribution in [3.05, 3.63) is 31.2 Å². The SMILES string of the molecule is C=C1COC(=O)O1.C=C=C.O=C(O)O. The van der Waals surface area contributed by atoms with Gasteiger partial charge in [-0.15, -0.1) is 5.73 Å². The molecule has 0 aliphatic carbocycles. The second kappa shape index (κ2) is 8.89. The molecule has 1 rings (SSSR count). The van der Waals surface area contributed by atoms with Crippen LogP contribution < -0.4 is 0 Å². The molecule has 1 saturated heterocycles. The third-order valence-corrected chi connectivity index (χ3v) is 0.579. The smallest absolute Gasteiger partial charge is 0.450 e. The lowest BCUT2D eigenvalue weighted by Crippen LogP contribution is -1.88. The Morgan fingerprint density at radius 2 is 1.79 bits per heavy atom. The van der Waals surface area contributed by atoms with E-state index in [9.17, 15) is 4.79 Å². The molecular weight excluding hydrogens is 192 g/mol. The molecule has 78 valence electrons. The topological polar surface area (TPSA) is 93.1 Å². The van der Waals surface area contributed by atoms with Crippen LogP contribution in [0.1, 0.15) is 0 Å². The first-order valence-electron chi connectivity index (χ1n) is 3.17. The maximum atomic E-state index is 9.95. The van der Waals surface area contributed by atoms with Crippen LogP contribution in [-0.4, -0.2) is 29.1 Å². The van der Waals surface area contributed by atoms with E-state index in [0.29, 0.717) is 5.76 Å². The van der Waals surface area contributed by atoms with E-state index < -0.39 is 12.3 Å². The van der Waals surface area contributed by atoms with E-state index in [1.54, 1.807) is 0 Å². The molecule has 0 aromatic heterocycles. The van der Waals surface area contributed by atoms with Crippen LogP contribution in [0.25, 0.3) is 0 Å². The second-order valence-electron chi connectivity index (χ2n) is 1.71. The number of hydrogen-bond acceptors (Lipinski definition) is 4. The number of hydrogen-bond donors (Lipinski definition) is 2. The summed E-state index contributed by atoms with van der Waals surface area (Å²) < 4.78 is 8.61. The lowest BCUT2D eigenvalue weighted by Gasteiger charge is -1.80. The molecule has 2 N–H and O–H groups in total. The maximum Gasteiger partial charge on any atom is 0.514 e. The third kappa shape index (κ3) is 16.4. The van der Waals surface area contributed by atoms with Gasteiger partial charge in [-0.3, -0.25) is 0 Å². The van der Waals surface area contributed by atoms with Crippen molar-refractivity contribution in [1.82, 2.24) is 0 Å². The molecule has 0 radical (unpaired) electrons.